The van der Waals surface area contributed by atoms with E-state index in [2.05, 4.69) is 5.32 Å². The molecule has 3 aliphatic rings. The molecule has 0 bridgehead atoms. The molecule has 178 valence electrons. The van der Waals surface area contributed by atoms with Crippen LogP contribution in [0.3, 0.4) is 0 Å². The van der Waals surface area contributed by atoms with E-state index in [1.807, 2.05) is 17.9 Å². The number of rotatable bonds is 7. The summed E-state index contributed by atoms with van der Waals surface area (Å²) >= 11 is 0. The molecule has 1 atom stereocenters. The van der Waals surface area contributed by atoms with Crippen LogP contribution in [-0.4, -0.2) is 41.1 Å². The van der Waals surface area contributed by atoms with E-state index in [9.17, 15) is 14.0 Å². The molecule has 0 saturated heterocycles. The Morgan fingerprint density at radius 1 is 1.12 bits per heavy atom. The monoisotopic (exact) mass is 461 g/mol. The Kier molecular flexibility index (Phi) is 6.24. The van der Waals surface area contributed by atoms with Crippen LogP contribution in [0.2, 0.25) is 0 Å². The first-order chi connectivity index (χ1) is 16.4. The third-order valence-electron chi connectivity index (χ3n) is 7.85. The Labute approximate surface area is 200 Å². The number of carbonyl (C=O) groups is 2. The van der Waals surface area contributed by atoms with Crippen molar-refractivity contribution in [2.45, 2.75) is 70.4 Å². The van der Waals surface area contributed by atoms with Crippen molar-refractivity contribution >= 4 is 17.5 Å². The second kappa shape index (κ2) is 9.32. The van der Waals surface area contributed by atoms with Gasteiger partial charge in [-0.1, -0.05) is 24.6 Å². The summed E-state index contributed by atoms with van der Waals surface area (Å²) in [4.78, 5) is 27.4. The van der Waals surface area contributed by atoms with E-state index in [-0.39, 0.29) is 23.9 Å². The van der Waals surface area contributed by atoms with Gasteiger partial charge in [-0.2, -0.15) is 0 Å². The van der Waals surface area contributed by atoms with E-state index in [1.165, 1.54) is 12.5 Å². The van der Waals surface area contributed by atoms with Gasteiger partial charge in [0.15, 0.2) is 0 Å². The first-order valence-electron chi connectivity index (χ1n) is 12.5. The molecule has 0 spiro atoms. The molecular weight excluding hydrogens is 429 g/mol. The van der Waals surface area contributed by atoms with E-state index in [4.69, 9.17) is 5.41 Å². The van der Waals surface area contributed by atoms with Crippen molar-refractivity contribution in [3.05, 3.63) is 58.9 Å². The van der Waals surface area contributed by atoms with Crippen molar-refractivity contribution in [2.75, 3.05) is 6.54 Å². The van der Waals surface area contributed by atoms with Crippen LogP contribution in [0.15, 0.2) is 36.4 Å². The number of benzene rings is 2. The largest absolute Gasteiger partial charge is 0.349 e. The molecule has 1 heterocycles. The Morgan fingerprint density at radius 2 is 1.85 bits per heavy atom. The molecular formula is C28H32FN3O2. The zero-order valence-electron chi connectivity index (χ0n) is 19.7. The lowest BCUT2D eigenvalue weighted by atomic mass is 9.79. The van der Waals surface area contributed by atoms with Crippen molar-refractivity contribution < 1.29 is 14.0 Å². The highest BCUT2D eigenvalue weighted by Gasteiger charge is 2.31. The molecule has 5 rings (SSSR count). The summed E-state index contributed by atoms with van der Waals surface area (Å²) in [7, 11) is 0. The molecule has 6 heteroatoms. The van der Waals surface area contributed by atoms with Crippen LogP contribution in [0.5, 0.6) is 0 Å². The molecule has 2 fully saturated rings. The van der Waals surface area contributed by atoms with Gasteiger partial charge in [-0.15, -0.1) is 0 Å². The molecule has 2 amide bonds. The fourth-order valence-corrected chi connectivity index (χ4v) is 5.16. The smallest absolute Gasteiger partial charge is 0.254 e. The van der Waals surface area contributed by atoms with Crippen LogP contribution in [0, 0.1) is 17.1 Å². The molecule has 2 aromatic carbocycles. The van der Waals surface area contributed by atoms with Gasteiger partial charge in [-0.3, -0.25) is 9.59 Å². The minimum atomic E-state index is -0.437. The Balaban J connectivity index is 1.29. The normalized spacial score (nSPS) is 19.1. The Hall–Kier alpha value is -3.02. The number of nitrogens with zero attached hydrogens (tertiary/aromatic N) is 1. The highest BCUT2D eigenvalue weighted by atomic mass is 19.1. The van der Waals surface area contributed by atoms with Gasteiger partial charge < -0.3 is 15.6 Å². The highest BCUT2D eigenvalue weighted by molar-refractivity contribution is 5.98. The first kappa shape index (κ1) is 22.8. The average molecular weight is 462 g/mol. The fourth-order valence-electron chi connectivity index (χ4n) is 5.16. The second-order valence-electron chi connectivity index (χ2n) is 10.1. The van der Waals surface area contributed by atoms with E-state index >= 15 is 0 Å². The lowest BCUT2D eigenvalue weighted by Gasteiger charge is -2.36. The van der Waals surface area contributed by atoms with Crippen LogP contribution in [0.1, 0.15) is 78.1 Å². The number of amides is 2. The minimum absolute atomic E-state index is 0.00416. The molecule has 2 N–H and O–H groups in total. The average Bonchev–Trinajstić information content (AvgIpc) is 2.74. The summed E-state index contributed by atoms with van der Waals surface area (Å²) in [5.41, 5.74) is 3.83. The van der Waals surface area contributed by atoms with Gasteiger partial charge in [-0.25, -0.2) is 4.39 Å². The number of nitrogens with one attached hydrogen (secondary N) is 2. The number of hydrogen-bond acceptors (Lipinski definition) is 3. The Bertz CT molecular complexity index is 1140. The van der Waals surface area contributed by atoms with E-state index in [0.717, 1.165) is 43.4 Å². The molecule has 5 nitrogen and oxygen atoms in total. The molecule has 2 aliphatic carbocycles. The maximum absolute atomic E-state index is 15.0. The SMILES string of the molecule is C[C@H](CC(=N)C1CCC1)N1CCc2cc(-c3ccc(C(=O)NC4CCC4)cc3F)ccc2C1=O. The first-order valence-corrected chi connectivity index (χ1v) is 12.5. The van der Waals surface area contributed by atoms with Crippen LogP contribution >= 0.6 is 0 Å². The highest BCUT2D eigenvalue weighted by Crippen LogP contribution is 2.32. The van der Waals surface area contributed by atoms with Gasteiger partial charge >= 0.3 is 0 Å². The number of fused-ring (bicyclic) bond motifs is 1. The maximum Gasteiger partial charge on any atom is 0.254 e. The minimum Gasteiger partial charge on any atom is -0.349 e. The lowest BCUT2D eigenvalue weighted by Crippen LogP contribution is -2.45. The van der Waals surface area contributed by atoms with Gasteiger partial charge in [0, 0.05) is 47.5 Å². The summed E-state index contributed by atoms with van der Waals surface area (Å²) < 4.78 is 15.0. The van der Waals surface area contributed by atoms with Crippen LogP contribution in [-0.2, 0) is 6.42 Å². The predicted octanol–water partition coefficient (Wildman–Crippen LogP) is 5.37. The summed E-state index contributed by atoms with van der Waals surface area (Å²) in [6, 6.07) is 10.3. The third-order valence-corrected chi connectivity index (χ3v) is 7.85. The quantitative estimate of drug-likeness (QED) is 0.544. The van der Waals surface area contributed by atoms with Crippen molar-refractivity contribution in [3.63, 3.8) is 0 Å². The summed E-state index contributed by atoms with van der Waals surface area (Å²) in [6.45, 7) is 2.64. The number of carbonyl (C=O) groups excluding carboxylic acids is 2. The van der Waals surface area contributed by atoms with Crippen molar-refractivity contribution in [2.24, 2.45) is 5.92 Å². The number of hydrogen-bond donors (Lipinski definition) is 2. The molecule has 34 heavy (non-hydrogen) atoms. The predicted molar refractivity (Wildman–Crippen MR) is 131 cm³/mol. The van der Waals surface area contributed by atoms with Crippen molar-refractivity contribution in [3.8, 4) is 11.1 Å². The third kappa shape index (κ3) is 4.38. The molecule has 1 aliphatic heterocycles. The molecule has 0 aromatic heterocycles. The van der Waals surface area contributed by atoms with Crippen molar-refractivity contribution in [1.29, 1.82) is 5.41 Å². The molecule has 0 unspecified atom stereocenters. The van der Waals surface area contributed by atoms with Gasteiger partial charge in [0.05, 0.1) is 0 Å². The van der Waals surface area contributed by atoms with Crippen molar-refractivity contribution in [1.82, 2.24) is 10.2 Å². The molecule has 2 saturated carbocycles. The fraction of sp³-hybridized carbons (Fsp3) is 0.464. The van der Waals surface area contributed by atoms with Crippen LogP contribution < -0.4 is 5.32 Å². The Morgan fingerprint density at radius 3 is 2.50 bits per heavy atom. The molecule has 0 radical (unpaired) electrons. The number of halogens is 1. The van der Waals surface area contributed by atoms with E-state index < -0.39 is 5.82 Å². The topological polar surface area (TPSA) is 73.3 Å². The maximum atomic E-state index is 15.0. The lowest BCUT2D eigenvalue weighted by molar-refractivity contribution is 0.0678. The summed E-state index contributed by atoms with van der Waals surface area (Å²) in [5, 5.41) is 11.3. The summed E-state index contributed by atoms with van der Waals surface area (Å²) in [5.74, 6) is -0.271. The van der Waals surface area contributed by atoms with Crippen LogP contribution in [0.4, 0.5) is 4.39 Å². The molecule has 2 aromatic rings. The van der Waals surface area contributed by atoms with Gasteiger partial charge in [0.25, 0.3) is 11.8 Å². The zero-order valence-corrected chi connectivity index (χ0v) is 19.7. The summed E-state index contributed by atoms with van der Waals surface area (Å²) in [6.07, 6.45) is 7.85. The zero-order chi connectivity index (χ0) is 23.8. The van der Waals surface area contributed by atoms with E-state index in [0.29, 0.717) is 47.6 Å². The van der Waals surface area contributed by atoms with Gasteiger partial charge in [0.1, 0.15) is 5.82 Å². The van der Waals surface area contributed by atoms with E-state index in [1.54, 1.807) is 24.3 Å². The van der Waals surface area contributed by atoms with Gasteiger partial charge in [0.2, 0.25) is 0 Å². The standard InChI is InChI=1S/C28H32FN3O2/c1-17(14-26(30)18-4-2-5-18)32-13-12-20-15-19(8-11-24(20)28(32)34)23-10-9-21(16-25(23)29)27(33)31-22-6-3-7-22/h8-11,15-18,22,30H,2-7,12-14H2,1H3,(H,31,33)/t17-/m1/s1. The van der Waals surface area contributed by atoms with Crippen LogP contribution in [0.25, 0.3) is 11.1 Å². The van der Waals surface area contributed by atoms with Gasteiger partial charge in [-0.05, 0) is 80.7 Å². The second-order valence-corrected chi connectivity index (χ2v) is 10.1.